The number of thioether (sulfide) groups is 1. The highest BCUT2D eigenvalue weighted by atomic mass is 32.2. The molecule has 6 heteroatoms. The highest BCUT2D eigenvalue weighted by Crippen LogP contribution is 2.23. The van der Waals surface area contributed by atoms with Crippen molar-refractivity contribution in [1.29, 1.82) is 5.26 Å². The van der Waals surface area contributed by atoms with Gasteiger partial charge in [-0.3, -0.25) is 4.79 Å². The molecule has 0 aliphatic carbocycles. The molecule has 0 radical (unpaired) electrons. The van der Waals surface area contributed by atoms with E-state index >= 15 is 0 Å². The Morgan fingerprint density at radius 1 is 1.15 bits per heavy atom. The van der Waals surface area contributed by atoms with E-state index in [-0.39, 0.29) is 18.3 Å². The summed E-state index contributed by atoms with van der Waals surface area (Å²) in [5.74, 6) is -0.395. The number of rotatable bonds is 8. The van der Waals surface area contributed by atoms with Gasteiger partial charge < -0.3 is 10.1 Å². The maximum atomic E-state index is 12.2. The number of nitriles is 1. The van der Waals surface area contributed by atoms with Crippen molar-refractivity contribution in [3.05, 3.63) is 59.7 Å². The molecule has 0 fully saturated rings. The molecule has 0 heterocycles. The molecule has 134 valence electrons. The van der Waals surface area contributed by atoms with Gasteiger partial charge in [-0.25, -0.2) is 4.79 Å². The van der Waals surface area contributed by atoms with Crippen LogP contribution in [0.3, 0.4) is 0 Å². The number of carbonyl (C=O) groups excluding carboxylic acids is 2. The summed E-state index contributed by atoms with van der Waals surface area (Å²) in [4.78, 5) is 25.0. The molecule has 2 rings (SSSR count). The highest BCUT2D eigenvalue weighted by Gasteiger charge is 2.14. The van der Waals surface area contributed by atoms with E-state index in [1.54, 1.807) is 18.2 Å². The molecule has 0 aromatic heterocycles. The Morgan fingerprint density at radius 2 is 1.88 bits per heavy atom. The fraction of sp³-hybridized carbons (Fsp3) is 0.250. The zero-order valence-electron chi connectivity index (χ0n) is 14.5. The quantitative estimate of drug-likeness (QED) is 0.429. The third-order valence-electron chi connectivity index (χ3n) is 3.47. The Balaban J connectivity index is 1.90. The summed E-state index contributed by atoms with van der Waals surface area (Å²) in [5.41, 5.74) is 2.29. The van der Waals surface area contributed by atoms with Crippen LogP contribution in [0, 0.1) is 18.3 Å². The molecule has 0 spiro atoms. The third kappa shape index (κ3) is 6.26. The van der Waals surface area contributed by atoms with Gasteiger partial charge in [0.1, 0.15) is 0 Å². The van der Waals surface area contributed by atoms with Crippen LogP contribution in [0.15, 0.2) is 53.4 Å². The fourth-order valence-corrected chi connectivity index (χ4v) is 2.97. The Hall–Kier alpha value is -2.78. The van der Waals surface area contributed by atoms with Crippen molar-refractivity contribution < 1.29 is 14.3 Å². The maximum Gasteiger partial charge on any atom is 0.339 e. The van der Waals surface area contributed by atoms with E-state index in [0.29, 0.717) is 23.3 Å². The molecule has 2 aromatic rings. The molecule has 5 nitrogen and oxygen atoms in total. The van der Waals surface area contributed by atoms with Gasteiger partial charge in [0.15, 0.2) is 0 Å². The minimum Gasteiger partial charge on any atom is -0.462 e. The smallest absolute Gasteiger partial charge is 0.339 e. The number of amides is 1. The number of carbonyl (C=O) groups is 2. The number of unbranched alkanes of at least 4 members (excludes halogenated alkanes) is 1. The van der Waals surface area contributed by atoms with Crippen molar-refractivity contribution in [2.75, 3.05) is 17.7 Å². The van der Waals surface area contributed by atoms with Gasteiger partial charge in [-0.2, -0.15) is 5.26 Å². The molecule has 1 N–H and O–H groups in total. The zero-order chi connectivity index (χ0) is 18.8. The van der Waals surface area contributed by atoms with Gasteiger partial charge in [0.25, 0.3) is 0 Å². The van der Waals surface area contributed by atoms with Crippen LogP contribution in [-0.2, 0) is 9.53 Å². The number of benzene rings is 2. The number of hydrogen-bond acceptors (Lipinski definition) is 5. The number of anilines is 1. The SMILES string of the molecule is Cc1ccc(NC(=O)CSc2ccccc2C(=O)OCCCC#N)cc1. The van der Waals surface area contributed by atoms with Gasteiger partial charge in [-0.15, -0.1) is 11.8 Å². The predicted molar refractivity (Wildman–Crippen MR) is 102 cm³/mol. The van der Waals surface area contributed by atoms with E-state index in [9.17, 15) is 9.59 Å². The number of nitrogens with one attached hydrogen (secondary N) is 1. The van der Waals surface area contributed by atoms with Crippen LogP contribution in [0.5, 0.6) is 0 Å². The second-order valence-electron chi connectivity index (χ2n) is 5.60. The van der Waals surface area contributed by atoms with Crippen LogP contribution >= 0.6 is 11.8 Å². The molecule has 2 aromatic carbocycles. The van der Waals surface area contributed by atoms with Gasteiger partial charge in [-0.1, -0.05) is 29.8 Å². The van der Waals surface area contributed by atoms with E-state index in [0.717, 1.165) is 11.3 Å². The van der Waals surface area contributed by atoms with Gasteiger partial charge in [0.05, 0.1) is 24.0 Å². The number of aryl methyl sites for hydroxylation is 1. The minimum atomic E-state index is -0.440. The Morgan fingerprint density at radius 3 is 2.62 bits per heavy atom. The number of ether oxygens (including phenoxy) is 1. The Bertz CT molecular complexity index is 797. The largest absolute Gasteiger partial charge is 0.462 e. The topological polar surface area (TPSA) is 79.2 Å². The molecular weight excluding hydrogens is 348 g/mol. The van der Waals surface area contributed by atoms with E-state index in [2.05, 4.69) is 5.32 Å². The predicted octanol–water partition coefficient (Wildman–Crippen LogP) is 4.19. The van der Waals surface area contributed by atoms with Crippen LogP contribution in [0.4, 0.5) is 5.69 Å². The molecule has 26 heavy (non-hydrogen) atoms. The summed E-state index contributed by atoms with van der Waals surface area (Å²) in [7, 11) is 0. The fourth-order valence-electron chi connectivity index (χ4n) is 2.13. The van der Waals surface area contributed by atoms with Crippen LogP contribution in [0.1, 0.15) is 28.8 Å². The van der Waals surface area contributed by atoms with Crippen molar-refractivity contribution >= 4 is 29.3 Å². The lowest BCUT2D eigenvalue weighted by atomic mass is 10.2. The monoisotopic (exact) mass is 368 g/mol. The van der Waals surface area contributed by atoms with Crippen molar-refractivity contribution in [1.82, 2.24) is 0 Å². The van der Waals surface area contributed by atoms with Crippen LogP contribution in [0.2, 0.25) is 0 Å². The molecule has 0 unspecified atom stereocenters. The van der Waals surface area contributed by atoms with Crippen molar-refractivity contribution in [2.24, 2.45) is 0 Å². The Labute approximate surface area is 157 Å². The van der Waals surface area contributed by atoms with Gasteiger partial charge >= 0.3 is 5.97 Å². The van der Waals surface area contributed by atoms with Crippen LogP contribution < -0.4 is 5.32 Å². The van der Waals surface area contributed by atoms with Crippen molar-refractivity contribution in [3.8, 4) is 6.07 Å². The first kappa shape index (κ1) is 19.5. The van der Waals surface area contributed by atoms with E-state index in [1.165, 1.54) is 11.8 Å². The molecule has 0 bridgehead atoms. The molecular formula is C20H20N2O3S. The molecule has 0 saturated carbocycles. The average molecular weight is 368 g/mol. The van der Waals surface area contributed by atoms with Gasteiger partial charge in [0, 0.05) is 17.0 Å². The molecule has 0 aliphatic heterocycles. The summed E-state index contributed by atoms with van der Waals surface area (Å²) in [5, 5.41) is 11.3. The zero-order valence-corrected chi connectivity index (χ0v) is 15.3. The Kier molecular flexibility index (Phi) is 7.72. The van der Waals surface area contributed by atoms with Gasteiger partial charge in [-0.05, 0) is 37.6 Å². The lowest BCUT2D eigenvalue weighted by Gasteiger charge is -2.09. The summed E-state index contributed by atoms with van der Waals surface area (Å²) in [6.07, 6.45) is 0.860. The standard InChI is InChI=1S/C20H20N2O3S/c1-15-8-10-16(11-9-15)22-19(23)14-26-18-7-3-2-6-17(18)20(24)25-13-5-4-12-21/h2-3,6-11H,4-5,13-14H2,1H3,(H,22,23). The molecule has 1 amide bonds. The summed E-state index contributed by atoms with van der Waals surface area (Å²) < 4.78 is 5.18. The first-order valence-corrected chi connectivity index (χ1v) is 9.21. The number of esters is 1. The maximum absolute atomic E-state index is 12.2. The lowest BCUT2D eigenvalue weighted by Crippen LogP contribution is -2.14. The van der Waals surface area contributed by atoms with E-state index in [4.69, 9.17) is 10.00 Å². The number of hydrogen-bond donors (Lipinski definition) is 1. The van der Waals surface area contributed by atoms with Crippen molar-refractivity contribution in [2.45, 2.75) is 24.7 Å². The molecule has 0 atom stereocenters. The highest BCUT2D eigenvalue weighted by molar-refractivity contribution is 8.00. The summed E-state index contributed by atoms with van der Waals surface area (Å²) in [6.45, 7) is 2.19. The van der Waals surface area contributed by atoms with Crippen molar-refractivity contribution in [3.63, 3.8) is 0 Å². The van der Waals surface area contributed by atoms with Crippen LogP contribution in [-0.4, -0.2) is 24.2 Å². The summed E-state index contributed by atoms with van der Waals surface area (Å²) in [6, 6.07) is 16.6. The minimum absolute atomic E-state index is 0.143. The van der Waals surface area contributed by atoms with E-state index < -0.39 is 5.97 Å². The van der Waals surface area contributed by atoms with Gasteiger partial charge in [0.2, 0.25) is 5.91 Å². The second kappa shape index (κ2) is 10.3. The average Bonchev–Trinajstić information content (AvgIpc) is 2.65. The third-order valence-corrected chi connectivity index (χ3v) is 4.54. The first-order valence-electron chi connectivity index (χ1n) is 8.22. The molecule has 0 aliphatic rings. The van der Waals surface area contributed by atoms with Crippen LogP contribution in [0.25, 0.3) is 0 Å². The first-order chi connectivity index (χ1) is 12.6. The molecule has 0 saturated heterocycles. The lowest BCUT2D eigenvalue weighted by molar-refractivity contribution is -0.113. The summed E-state index contributed by atoms with van der Waals surface area (Å²) >= 11 is 1.28. The second-order valence-corrected chi connectivity index (χ2v) is 6.61. The number of nitrogens with zero attached hydrogens (tertiary/aromatic N) is 1. The normalized spacial score (nSPS) is 10.0. The van der Waals surface area contributed by atoms with E-state index in [1.807, 2.05) is 43.3 Å².